The van der Waals surface area contributed by atoms with Crippen molar-refractivity contribution < 1.29 is 15.0 Å². The van der Waals surface area contributed by atoms with E-state index in [1.165, 1.54) is 25.7 Å². The molecule has 0 aromatic carbocycles. The first kappa shape index (κ1) is 20.2. The van der Waals surface area contributed by atoms with Gasteiger partial charge in [0.05, 0.1) is 6.10 Å². The van der Waals surface area contributed by atoms with Crippen molar-refractivity contribution in [2.45, 2.75) is 89.3 Å². The van der Waals surface area contributed by atoms with Crippen LogP contribution in [0.3, 0.4) is 0 Å². The van der Waals surface area contributed by atoms with Gasteiger partial charge in [0.25, 0.3) is 0 Å². The monoisotopic (exact) mass is 349 g/mol. The van der Waals surface area contributed by atoms with E-state index in [0.717, 1.165) is 31.6 Å². The number of unbranched alkanes of at least 4 members (excludes halogenated alkanes) is 3. The second-order valence-electron chi connectivity index (χ2n) is 7.73. The van der Waals surface area contributed by atoms with Gasteiger partial charge in [-0.15, -0.1) is 0 Å². The summed E-state index contributed by atoms with van der Waals surface area (Å²) in [5.41, 5.74) is 0. The van der Waals surface area contributed by atoms with Crippen molar-refractivity contribution in [1.82, 2.24) is 5.32 Å². The largest absolute Gasteiger partial charge is 0.481 e. The fourth-order valence-electron chi connectivity index (χ4n) is 4.06. The number of nitrogens with one attached hydrogen (secondary N) is 1. The summed E-state index contributed by atoms with van der Waals surface area (Å²) in [6.45, 7) is 2.18. The molecule has 3 aliphatic rings. The van der Waals surface area contributed by atoms with E-state index in [9.17, 15) is 9.90 Å². The second kappa shape index (κ2) is 10.8. The molecule has 2 saturated heterocycles. The first-order valence-corrected chi connectivity index (χ1v) is 10.1. The molecule has 3 atom stereocenters. The van der Waals surface area contributed by atoms with E-state index >= 15 is 0 Å². The summed E-state index contributed by atoms with van der Waals surface area (Å²) >= 11 is 0. The van der Waals surface area contributed by atoms with Crippen LogP contribution in [0.2, 0.25) is 0 Å². The van der Waals surface area contributed by atoms with Crippen LogP contribution in [-0.4, -0.2) is 34.4 Å². The third-order valence-electron chi connectivity index (χ3n) is 5.65. The smallest absolute Gasteiger partial charge is 0.303 e. The van der Waals surface area contributed by atoms with Gasteiger partial charge in [-0.1, -0.05) is 50.5 Å². The summed E-state index contributed by atoms with van der Waals surface area (Å²) in [6.07, 6.45) is 18.0. The third-order valence-corrected chi connectivity index (χ3v) is 5.65. The number of hydrogen-bond acceptors (Lipinski definition) is 3. The van der Waals surface area contributed by atoms with Crippen LogP contribution in [0.25, 0.3) is 0 Å². The lowest BCUT2D eigenvalue weighted by Crippen LogP contribution is -2.58. The lowest BCUT2D eigenvalue weighted by Gasteiger charge is -2.51. The van der Waals surface area contributed by atoms with Gasteiger partial charge in [-0.25, -0.2) is 0 Å². The zero-order valence-corrected chi connectivity index (χ0v) is 15.6. The summed E-state index contributed by atoms with van der Waals surface area (Å²) in [4.78, 5) is 10.5. The second-order valence-corrected chi connectivity index (χ2v) is 7.73. The molecule has 1 saturated carbocycles. The number of hydrogen-bond donors (Lipinski definition) is 3. The summed E-state index contributed by atoms with van der Waals surface area (Å²) < 4.78 is 0. The topological polar surface area (TPSA) is 69.6 Å². The van der Waals surface area contributed by atoms with Crippen molar-refractivity contribution in [2.75, 3.05) is 0 Å². The van der Waals surface area contributed by atoms with Crippen molar-refractivity contribution in [3.8, 4) is 0 Å². The fourth-order valence-corrected chi connectivity index (χ4v) is 4.06. The lowest BCUT2D eigenvalue weighted by atomic mass is 9.64. The van der Waals surface area contributed by atoms with Crippen molar-refractivity contribution >= 4 is 5.97 Å². The Kier molecular flexibility index (Phi) is 8.70. The predicted octanol–water partition coefficient (Wildman–Crippen LogP) is 4.05. The maximum Gasteiger partial charge on any atom is 0.303 e. The van der Waals surface area contributed by atoms with Crippen molar-refractivity contribution in [2.24, 2.45) is 11.8 Å². The Bertz CT molecular complexity index is 454. The summed E-state index contributed by atoms with van der Waals surface area (Å²) in [7, 11) is 0. The molecule has 2 bridgehead atoms. The molecule has 25 heavy (non-hydrogen) atoms. The van der Waals surface area contributed by atoms with Crippen molar-refractivity contribution in [3.05, 3.63) is 24.3 Å². The molecule has 0 amide bonds. The van der Waals surface area contributed by atoms with Crippen molar-refractivity contribution in [1.29, 1.82) is 0 Å². The van der Waals surface area contributed by atoms with Crippen molar-refractivity contribution in [3.63, 3.8) is 0 Å². The molecule has 142 valence electrons. The van der Waals surface area contributed by atoms with Crippen LogP contribution < -0.4 is 5.32 Å². The van der Waals surface area contributed by atoms with Gasteiger partial charge in [-0.3, -0.25) is 4.79 Å². The molecule has 0 radical (unpaired) electrons. The van der Waals surface area contributed by atoms with Gasteiger partial charge in [-0.05, 0) is 50.4 Å². The number of fused-ring (bicyclic) bond motifs is 2. The Morgan fingerprint density at radius 3 is 2.76 bits per heavy atom. The quantitative estimate of drug-likeness (QED) is 0.367. The molecule has 1 unspecified atom stereocenters. The van der Waals surface area contributed by atoms with Gasteiger partial charge in [0.1, 0.15) is 0 Å². The Morgan fingerprint density at radius 1 is 1.24 bits per heavy atom. The number of rotatable bonds is 12. The number of carbonyl (C=O) groups is 1. The van der Waals surface area contributed by atoms with E-state index in [0.29, 0.717) is 24.4 Å². The summed E-state index contributed by atoms with van der Waals surface area (Å²) in [5.74, 6) is 0.676. The Hall–Kier alpha value is -1.13. The molecule has 3 rings (SSSR count). The minimum atomic E-state index is -0.715. The average Bonchev–Trinajstić information content (AvgIpc) is 2.55. The van der Waals surface area contributed by atoms with E-state index < -0.39 is 5.97 Å². The van der Waals surface area contributed by atoms with Crippen LogP contribution >= 0.6 is 0 Å². The number of carboxylic acids is 1. The normalized spacial score (nSPS) is 29.8. The molecule has 4 nitrogen and oxygen atoms in total. The van der Waals surface area contributed by atoms with E-state index in [2.05, 4.69) is 30.5 Å². The van der Waals surface area contributed by atoms with Crippen LogP contribution in [0.15, 0.2) is 24.3 Å². The molecule has 0 aromatic rings. The number of aliphatic hydroxyl groups excluding tert-OH is 1. The highest BCUT2D eigenvalue weighted by Crippen LogP contribution is 2.43. The maximum atomic E-state index is 10.5. The fraction of sp³-hybridized carbons (Fsp3) is 0.762. The molecular weight excluding hydrogens is 314 g/mol. The number of piperidine rings is 2. The Morgan fingerprint density at radius 2 is 2.04 bits per heavy atom. The predicted molar refractivity (Wildman–Crippen MR) is 101 cm³/mol. The highest BCUT2D eigenvalue weighted by molar-refractivity contribution is 5.66. The number of aliphatic carboxylic acids is 1. The summed E-state index contributed by atoms with van der Waals surface area (Å²) in [5, 5.41) is 22.5. The molecule has 0 aromatic heterocycles. The molecule has 3 N–H and O–H groups in total. The van der Waals surface area contributed by atoms with E-state index in [4.69, 9.17) is 5.11 Å². The molecule has 4 heteroatoms. The maximum absolute atomic E-state index is 10.5. The minimum absolute atomic E-state index is 0.251. The zero-order chi connectivity index (χ0) is 18.1. The minimum Gasteiger partial charge on any atom is -0.481 e. The first-order valence-electron chi connectivity index (χ1n) is 10.1. The number of allylic oxidation sites excluding steroid dienone is 2. The molecule has 1 aliphatic carbocycles. The lowest BCUT2D eigenvalue weighted by molar-refractivity contribution is -0.137. The highest BCUT2D eigenvalue weighted by atomic mass is 16.4. The van der Waals surface area contributed by atoms with Gasteiger partial charge in [-0.2, -0.15) is 0 Å². The SMILES string of the molecule is CCCCC[C@H](O)C=CC1NC2CC(C2)[C@@H]1CC=CCCCC(=O)O. The number of aliphatic hydroxyl groups is 1. The molecule has 3 fully saturated rings. The Balaban J connectivity index is 1.76. The van der Waals surface area contributed by atoms with Gasteiger partial charge in [0, 0.05) is 18.5 Å². The summed E-state index contributed by atoms with van der Waals surface area (Å²) in [6, 6.07) is 1.02. The standard InChI is InChI=1S/C21H35NO3/c1-2-3-6-9-18(23)12-13-20-19(16-14-17(15-16)22-20)10-7-4-5-8-11-21(24)25/h4,7,12-13,16-20,22-23H,2-3,5-6,8-11,14-15H2,1H3,(H,24,25)/t16?,17?,18-,19-,20?/m0/s1. The third kappa shape index (κ3) is 6.95. The van der Waals surface area contributed by atoms with E-state index in [-0.39, 0.29) is 12.5 Å². The van der Waals surface area contributed by atoms with Crippen LogP contribution in [0.5, 0.6) is 0 Å². The van der Waals surface area contributed by atoms with Gasteiger partial charge >= 0.3 is 5.97 Å². The zero-order valence-electron chi connectivity index (χ0n) is 15.6. The van der Waals surface area contributed by atoms with Gasteiger partial charge < -0.3 is 15.5 Å². The average molecular weight is 350 g/mol. The highest BCUT2D eigenvalue weighted by Gasteiger charge is 2.43. The van der Waals surface area contributed by atoms with Crippen LogP contribution in [0, 0.1) is 11.8 Å². The van der Waals surface area contributed by atoms with Gasteiger partial charge in [0.15, 0.2) is 0 Å². The molecular formula is C21H35NO3. The molecule has 2 aliphatic heterocycles. The number of carboxylic acid groups (broad SMARTS) is 1. The van der Waals surface area contributed by atoms with Gasteiger partial charge in [0.2, 0.25) is 0 Å². The van der Waals surface area contributed by atoms with Crippen LogP contribution in [0.1, 0.15) is 71.1 Å². The molecule has 2 heterocycles. The first-order chi connectivity index (χ1) is 12.1. The van der Waals surface area contributed by atoms with Crippen LogP contribution in [-0.2, 0) is 4.79 Å². The van der Waals surface area contributed by atoms with Crippen LogP contribution in [0.4, 0.5) is 0 Å². The van der Waals surface area contributed by atoms with E-state index in [1.807, 2.05) is 6.08 Å². The van der Waals surface area contributed by atoms with E-state index in [1.54, 1.807) is 0 Å². The Labute approximate surface area is 152 Å². The molecule has 0 spiro atoms.